The van der Waals surface area contributed by atoms with Gasteiger partial charge in [0.15, 0.2) is 12.0 Å². The van der Waals surface area contributed by atoms with E-state index in [2.05, 4.69) is 29.8 Å². The molecule has 2 heterocycles. The molecule has 0 saturated heterocycles. The van der Waals surface area contributed by atoms with Gasteiger partial charge in [0.1, 0.15) is 11.4 Å². The largest absolute Gasteiger partial charge is 0.495 e. The van der Waals surface area contributed by atoms with Crippen LogP contribution in [0.15, 0.2) is 65.3 Å². The molecule has 0 aliphatic heterocycles. The van der Waals surface area contributed by atoms with Gasteiger partial charge in [0.2, 0.25) is 21.8 Å². The van der Waals surface area contributed by atoms with Crippen LogP contribution in [0.1, 0.15) is 15.9 Å². The van der Waals surface area contributed by atoms with Crippen molar-refractivity contribution in [1.82, 2.24) is 14.8 Å². The quantitative estimate of drug-likeness (QED) is 0.154. The molecule has 0 N–H and O–H groups in total. The minimum absolute atomic E-state index is 0.0587. The summed E-state index contributed by atoms with van der Waals surface area (Å²) in [5.74, 6) is 0.865. The van der Waals surface area contributed by atoms with E-state index >= 15 is 0 Å². The van der Waals surface area contributed by atoms with Gasteiger partial charge in [0.05, 0.1) is 19.1 Å². The number of sulfonamides is 1. The number of aryl methyl sites for hydroxylation is 1. The number of furan rings is 1. The SMILES string of the molecule is COc1cccc(C=O)c1-n1c(-c2ccco2)nnc1N(CC[Si](C)(C)C)S(=O)(=O)CCc1ccc(Cl)cc1. The molecule has 0 bridgehead atoms. The molecule has 0 amide bonds. The maximum absolute atomic E-state index is 14.0. The van der Waals surface area contributed by atoms with Crippen LogP contribution < -0.4 is 9.04 Å². The number of hydrogen-bond donors (Lipinski definition) is 0. The fraction of sp³-hybridized carbons (Fsp3) is 0.296. The molecule has 0 atom stereocenters. The van der Waals surface area contributed by atoms with E-state index in [1.807, 2.05) is 12.1 Å². The molecule has 206 valence electrons. The Hall–Kier alpha value is -3.41. The van der Waals surface area contributed by atoms with Crippen LogP contribution in [0.4, 0.5) is 5.95 Å². The maximum atomic E-state index is 14.0. The van der Waals surface area contributed by atoms with Crippen molar-refractivity contribution >= 4 is 41.9 Å². The summed E-state index contributed by atoms with van der Waals surface area (Å²) in [6.07, 6.45) is 2.47. The predicted octanol–water partition coefficient (Wildman–Crippen LogP) is 5.72. The van der Waals surface area contributed by atoms with Gasteiger partial charge in [-0.1, -0.05) is 49.4 Å². The van der Waals surface area contributed by atoms with Crippen molar-refractivity contribution in [2.75, 3.05) is 23.7 Å². The normalized spacial score (nSPS) is 11.9. The fourth-order valence-electron chi connectivity index (χ4n) is 4.06. The summed E-state index contributed by atoms with van der Waals surface area (Å²) in [4.78, 5) is 12.1. The topological polar surface area (TPSA) is 108 Å². The highest BCUT2D eigenvalue weighted by molar-refractivity contribution is 7.92. The molecule has 0 fully saturated rings. The fourth-order valence-corrected chi connectivity index (χ4v) is 6.69. The Morgan fingerprint density at radius 2 is 1.82 bits per heavy atom. The van der Waals surface area contributed by atoms with Crippen molar-refractivity contribution in [3.63, 3.8) is 0 Å². The highest BCUT2D eigenvalue weighted by atomic mass is 35.5. The number of ether oxygens (including phenoxy) is 1. The zero-order valence-electron chi connectivity index (χ0n) is 22.3. The average molecular weight is 587 g/mol. The van der Waals surface area contributed by atoms with E-state index in [1.165, 1.54) is 22.2 Å². The van der Waals surface area contributed by atoms with Crippen molar-refractivity contribution < 1.29 is 22.4 Å². The third-order valence-electron chi connectivity index (χ3n) is 6.17. The first kappa shape index (κ1) is 28.6. The van der Waals surface area contributed by atoms with Crippen LogP contribution in [-0.2, 0) is 16.4 Å². The van der Waals surface area contributed by atoms with Gasteiger partial charge in [-0.15, -0.1) is 10.2 Å². The van der Waals surface area contributed by atoms with Gasteiger partial charge in [-0.05, 0) is 54.4 Å². The van der Waals surface area contributed by atoms with Crippen LogP contribution in [0, 0.1) is 0 Å². The Morgan fingerprint density at radius 1 is 1.08 bits per heavy atom. The number of carbonyl (C=O) groups is 1. The maximum Gasteiger partial charge on any atom is 0.246 e. The number of rotatable bonds is 12. The summed E-state index contributed by atoms with van der Waals surface area (Å²) in [5, 5.41) is 9.27. The van der Waals surface area contributed by atoms with E-state index in [0.717, 1.165) is 5.56 Å². The molecule has 0 radical (unpaired) electrons. The number of methoxy groups -OCH3 is 1. The number of para-hydroxylation sites is 1. The smallest absolute Gasteiger partial charge is 0.246 e. The number of aromatic nitrogens is 3. The molecule has 4 aromatic rings. The number of nitrogens with zero attached hydrogens (tertiary/aromatic N) is 4. The zero-order chi connectivity index (χ0) is 28.2. The zero-order valence-corrected chi connectivity index (χ0v) is 24.9. The molecular formula is C27H31ClN4O5SSi. The van der Waals surface area contributed by atoms with Crippen LogP contribution in [-0.4, -0.2) is 56.9 Å². The van der Waals surface area contributed by atoms with E-state index in [4.69, 9.17) is 20.8 Å². The van der Waals surface area contributed by atoms with E-state index < -0.39 is 18.1 Å². The van der Waals surface area contributed by atoms with E-state index in [9.17, 15) is 13.2 Å². The summed E-state index contributed by atoms with van der Waals surface area (Å²) in [7, 11) is -4.09. The van der Waals surface area contributed by atoms with Crippen LogP contribution in [0.25, 0.3) is 17.3 Å². The van der Waals surface area contributed by atoms with Crippen molar-refractivity contribution in [2.24, 2.45) is 0 Å². The summed E-state index contributed by atoms with van der Waals surface area (Å²) >= 11 is 6.00. The summed E-state index contributed by atoms with van der Waals surface area (Å²) in [6.45, 7) is 6.74. The van der Waals surface area contributed by atoms with E-state index in [-0.39, 0.29) is 36.1 Å². The molecule has 9 nitrogen and oxygen atoms in total. The molecule has 0 saturated carbocycles. The summed E-state index contributed by atoms with van der Waals surface area (Å²) in [6, 6.07) is 16.2. The molecule has 0 aliphatic carbocycles. The van der Waals surface area contributed by atoms with Crippen LogP contribution in [0.2, 0.25) is 30.7 Å². The highest BCUT2D eigenvalue weighted by Crippen LogP contribution is 2.35. The lowest BCUT2D eigenvalue weighted by molar-refractivity contribution is 0.112. The molecule has 2 aromatic carbocycles. The lowest BCUT2D eigenvalue weighted by Gasteiger charge is -2.27. The van der Waals surface area contributed by atoms with Crippen molar-refractivity contribution in [1.29, 1.82) is 0 Å². The van der Waals surface area contributed by atoms with Crippen LogP contribution in [0.5, 0.6) is 5.75 Å². The number of hydrogen-bond acceptors (Lipinski definition) is 7. The Morgan fingerprint density at radius 3 is 2.44 bits per heavy atom. The van der Waals surface area contributed by atoms with Crippen LogP contribution in [0.3, 0.4) is 0 Å². The van der Waals surface area contributed by atoms with Gasteiger partial charge in [0.25, 0.3) is 0 Å². The highest BCUT2D eigenvalue weighted by Gasteiger charge is 2.33. The first-order chi connectivity index (χ1) is 18.5. The first-order valence-electron chi connectivity index (χ1n) is 12.4. The number of carbonyl (C=O) groups excluding carboxylic acids is 1. The Kier molecular flexibility index (Phi) is 8.63. The third kappa shape index (κ3) is 6.60. The summed E-state index contributed by atoms with van der Waals surface area (Å²) in [5.41, 5.74) is 1.46. The molecular weight excluding hydrogens is 556 g/mol. The van der Waals surface area contributed by atoms with Crippen molar-refractivity contribution in [2.45, 2.75) is 32.1 Å². The van der Waals surface area contributed by atoms with Gasteiger partial charge in [-0.25, -0.2) is 12.7 Å². The molecule has 0 unspecified atom stereocenters. The second-order valence-corrected chi connectivity index (χ2v) is 18.3. The Bertz CT molecular complexity index is 1530. The summed E-state index contributed by atoms with van der Waals surface area (Å²) < 4.78 is 42.0. The molecule has 2 aromatic heterocycles. The van der Waals surface area contributed by atoms with Gasteiger partial charge in [-0.3, -0.25) is 9.36 Å². The molecule has 4 rings (SSSR count). The van der Waals surface area contributed by atoms with Gasteiger partial charge < -0.3 is 9.15 Å². The van der Waals surface area contributed by atoms with E-state index in [0.29, 0.717) is 34.6 Å². The standard InChI is InChI=1S/C27H31ClN4O5SSi/c1-36-23-8-5-7-21(19-33)25(23)32-26(24-9-6-16-37-24)29-30-27(32)31(15-18-39(2,3)4)38(34,35)17-14-20-10-12-22(28)13-11-20/h5-13,16,19H,14-15,17-18H2,1-4H3. The van der Waals surface area contributed by atoms with Crippen LogP contribution >= 0.6 is 11.6 Å². The molecule has 0 spiro atoms. The first-order valence-corrected chi connectivity index (χ1v) is 18.1. The number of benzene rings is 2. The predicted molar refractivity (Wildman–Crippen MR) is 155 cm³/mol. The molecule has 12 heteroatoms. The minimum Gasteiger partial charge on any atom is -0.495 e. The monoisotopic (exact) mass is 586 g/mol. The average Bonchev–Trinajstić information content (AvgIpc) is 3.57. The van der Waals surface area contributed by atoms with E-state index in [1.54, 1.807) is 42.5 Å². The van der Waals surface area contributed by atoms with Gasteiger partial charge >= 0.3 is 0 Å². The molecule has 0 aliphatic rings. The Balaban J connectivity index is 1.89. The number of aldehydes is 1. The molecule has 39 heavy (non-hydrogen) atoms. The Labute approximate surface area is 234 Å². The van der Waals surface area contributed by atoms with Gasteiger partial charge in [0, 0.05) is 25.2 Å². The van der Waals surface area contributed by atoms with Crippen molar-refractivity contribution in [3.05, 3.63) is 77.0 Å². The second kappa shape index (κ2) is 11.8. The third-order valence-corrected chi connectivity index (χ3v) is 9.89. The minimum atomic E-state index is -3.89. The lowest BCUT2D eigenvalue weighted by atomic mass is 10.1. The van der Waals surface area contributed by atoms with Crippen molar-refractivity contribution in [3.8, 4) is 23.0 Å². The second-order valence-electron chi connectivity index (χ2n) is 10.2. The number of halogens is 1. The number of anilines is 1. The lowest BCUT2D eigenvalue weighted by Crippen LogP contribution is -2.39. The van der Waals surface area contributed by atoms with Gasteiger partial charge in [-0.2, -0.15) is 0 Å².